The van der Waals surface area contributed by atoms with Crippen molar-refractivity contribution in [1.29, 1.82) is 0 Å². The summed E-state index contributed by atoms with van der Waals surface area (Å²) in [5, 5.41) is 17.5. The van der Waals surface area contributed by atoms with Crippen LogP contribution < -0.4 is 0 Å². The van der Waals surface area contributed by atoms with E-state index in [9.17, 15) is 13.2 Å². The smallest absolute Gasteiger partial charge is 0.335 e. The number of aliphatic hydroxyl groups excluding tert-OH is 1. The predicted molar refractivity (Wildman–Crippen MR) is 72.7 cm³/mol. The van der Waals surface area contributed by atoms with Crippen LogP contribution in [0.3, 0.4) is 0 Å². The topological polar surface area (TPSA) is 101 Å². The second-order valence-electron chi connectivity index (χ2n) is 4.14. The van der Waals surface area contributed by atoms with Crippen molar-refractivity contribution in [3.63, 3.8) is 0 Å². The SMILES string of the molecule is CCc1ccc(C(=O)O)cc1S(=O)(=O)CCOCCO. The van der Waals surface area contributed by atoms with Gasteiger partial charge in [-0.25, -0.2) is 13.2 Å². The van der Waals surface area contributed by atoms with E-state index in [-0.39, 0.29) is 36.0 Å². The largest absolute Gasteiger partial charge is 0.478 e. The first kappa shape index (κ1) is 16.6. The molecular weight excluding hydrogens is 284 g/mol. The van der Waals surface area contributed by atoms with Gasteiger partial charge in [-0.2, -0.15) is 0 Å². The maximum absolute atomic E-state index is 12.2. The number of aliphatic hydroxyl groups is 1. The van der Waals surface area contributed by atoms with Crippen molar-refractivity contribution in [2.24, 2.45) is 0 Å². The average molecular weight is 302 g/mol. The highest BCUT2D eigenvalue weighted by Gasteiger charge is 2.20. The van der Waals surface area contributed by atoms with Crippen molar-refractivity contribution >= 4 is 15.8 Å². The van der Waals surface area contributed by atoms with Gasteiger partial charge in [-0.15, -0.1) is 0 Å². The van der Waals surface area contributed by atoms with Gasteiger partial charge in [-0.1, -0.05) is 13.0 Å². The first-order valence-corrected chi connectivity index (χ1v) is 7.85. The highest BCUT2D eigenvalue weighted by molar-refractivity contribution is 7.91. The lowest BCUT2D eigenvalue weighted by atomic mass is 10.1. The molecule has 0 aliphatic rings. The molecule has 1 aromatic rings. The lowest BCUT2D eigenvalue weighted by Crippen LogP contribution is -2.16. The molecular formula is C13H18O6S. The van der Waals surface area contributed by atoms with Crippen LogP contribution >= 0.6 is 0 Å². The molecule has 0 bridgehead atoms. The molecule has 0 amide bonds. The summed E-state index contributed by atoms with van der Waals surface area (Å²) in [4.78, 5) is 11.0. The predicted octanol–water partition coefficient (Wildman–Crippen LogP) is 0.730. The molecule has 2 N–H and O–H groups in total. The summed E-state index contributed by atoms with van der Waals surface area (Å²) in [6.45, 7) is 1.67. The van der Waals surface area contributed by atoms with Crippen LogP contribution in [0.4, 0.5) is 0 Å². The van der Waals surface area contributed by atoms with Crippen molar-refractivity contribution < 1.29 is 28.2 Å². The van der Waals surface area contributed by atoms with E-state index in [1.807, 2.05) is 0 Å². The van der Waals surface area contributed by atoms with E-state index < -0.39 is 15.8 Å². The van der Waals surface area contributed by atoms with Gasteiger partial charge in [-0.3, -0.25) is 0 Å². The van der Waals surface area contributed by atoms with Crippen LogP contribution in [0.1, 0.15) is 22.8 Å². The third-order valence-electron chi connectivity index (χ3n) is 2.76. The molecule has 0 saturated carbocycles. The minimum absolute atomic E-state index is 0.0347. The Balaban J connectivity index is 3.02. The zero-order valence-electron chi connectivity index (χ0n) is 11.2. The van der Waals surface area contributed by atoms with E-state index in [1.165, 1.54) is 18.2 Å². The average Bonchev–Trinajstić information content (AvgIpc) is 2.42. The van der Waals surface area contributed by atoms with E-state index in [0.29, 0.717) is 12.0 Å². The van der Waals surface area contributed by atoms with Gasteiger partial charge in [0.1, 0.15) is 0 Å². The molecule has 112 valence electrons. The number of rotatable bonds is 8. The number of hydrogen-bond acceptors (Lipinski definition) is 5. The van der Waals surface area contributed by atoms with Crippen LogP contribution in [0, 0.1) is 0 Å². The number of carboxylic acid groups (broad SMARTS) is 1. The third kappa shape index (κ3) is 4.29. The maximum atomic E-state index is 12.2. The van der Waals surface area contributed by atoms with Gasteiger partial charge in [-0.05, 0) is 24.1 Å². The Morgan fingerprint density at radius 1 is 1.30 bits per heavy atom. The first-order chi connectivity index (χ1) is 9.42. The summed E-state index contributed by atoms with van der Waals surface area (Å²) >= 11 is 0. The molecule has 20 heavy (non-hydrogen) atoms. The van der Waals surface area contributed by atoms with Gasteiger partial charge >= 0.3 is 5.97 Å². The molecule has 0 atom stereocenters. The fraction of sp³-hybridized carbons (Fsp3) is 0.462. The molecule has 0 radical (unpaired) electrons. The van der Waals surface area contributed by atoms with Crippen LogP contribution in [0.5, 0.6) is 0 Å². The van der Waals surface area contributed by atoms with Crippen LogP contribution in [-0.2, 0) is 21.0 Å². The van der Waals surface area contributed by atoms with Crippen molar-refractivity contribution in [2.45, 2.75) is 18.2 Å². The molecule has 0 saturated heterocycles. The Morgan fingerprint density at radius 3 is 2.55 bits per heavy atom. The fourth-order valence-corrected chi connectivity index (χ4v) is 3.19. The summed E-state index contributed by atoms with van der Waals surface area (Å²) in [6.07, 6.45) is 0.492. The summed E-state index contributed by atoms with van der Waals surface area (Å²) in [7, 11) is -3.61. The van der Waals surface area contributed by atoms with Crippen molar-refractivity contribution in [2.75, 3.05) is 25.6 Å². The number of aryl methyl sites for hydroxylation is 1. The lowest BCUT2D eigenvalue weighted by Gasteiger charge is -2.10. The maximum Gasteiger partial charge on any atom is 0.335 e. The molecule has 1 rings (SSSR count). The van der Waals surface area contributed by atoms with Crippen molar-refractivity contribution in [3.8, 4) is 0 Å². The van der Waals surface area contributed by atoms with Crippen LogP contribution in [0.2, 0.25) is 0 Å². The molecule has 7 heteroatoms. The summed E-state index contributed by atoms with van der Waals surface area (Å²) < 4.78 is 29.4. The summed E-state index contributed by atoms with van der Waals surface area (Å²) in [6, 6.07) is 4.09. The number of carboxylic acids is 1. The van der Waals surface area contributed by atoms with Crippen LogP contribution in [-0.4, -0.2) is 50.2 Å². The van der Waals surface area contributed by atoms with Crippen LogP contribution in [0.15, 0.2) is 23.1 Å². The second kappa shape index (κ2) is 7.37. The number of carbonyl (C=O) groups is 1. The number of aromatic carboxylic acids is 1. The van der Waals surface area contributed by atoms with Gasteiger partial charge in [0.2, 0.25) is 0 Å². The molecule has 1 aromatic carbocycles. The van der Waals surface area contributed by atoms with Gasteiger partial charge in [0, 0.05) is 0 Å². The quantitative estimate of drug-likeness (QED) is 0.687. The molecule has 0 spiro atoms. The standard InChI is InChI=1S/C13H18O6S/c1-2-10-3-4-11(13(15)16)9-12(10)20(17,18)8-7-19-6-5-14/h3-4,9,14H,2,5-8H2,1H3,(H,15,16). The molecule has 0 aliphatic heterocycles. The van der Waals surface area contributed by atoms with Gasteiger partial charge in [0.15, 0.2) is 9.84 Å². The Kier molecular flexibility index (Phi) is 6.12. The highest BCUT2D eigenvalue weighted by atomic mass is 32.2. The first-order valence-electron chi connectivity index (χ1n) is 6.20. The highest BCUT2D eigenvalue weighted by Crippen LogP contribution is 2.20. The molecule has 6 nitrogen and oxygen atoms in total. The van der Waals surface area contributed by atoms with E-state index in [1.54, 1.807) is 6.92 Å². The minimum Gasteiger partial charge on any atom is -0.478 e. The minimum atomic E-state index is -3.61. The van der Waals surface area contributed by atoms with Gasteiger partial charge in [0.05, 0.1) is 36.0 Å². The Hall–Kier alpha value is -1.44. The molecule has 0 aliphatic carbocycles. The Bertz CT molecular complexity index is 564. The molecule has 0 heterocycles. The van der Waals surface area contributed by atoms with Crippen molar-refractivity contribution in [1.82, 2.24) is 0 Å². The molecule has 0 aromatic heterocycles. The van der Waals surface area contributed by atoms with Crippen molar-refractivity contribution in [3.05, 3.63) is 29.3 Å². The monoisotopic (exact) mass is 302 g/mol. The van der Waals surface area contributed by atoms with Gasteiger partial charge in [0.25, 0.3) is 0 Å². The normalized spacial score (nSPS) is 11.5. The van der Waals surface area contributed by atoms with E-state index in [0.717, 1.165) is 0 Å². The van der Waals surface area contributed by atoms with E-state index in [4.69, 9.17) is 14.9 Å². The summed E-state index contributed by atoms with van der Waals surface area (Å²) in [5.41, 5.74) is 0.522. The number of hydrogen-bond donors (Lipinski definition) is 2. The molecule has 0 unspecified atom stereocenters. The fourth-order valence-electron chi connectivity index (χ4n) is 1.71. The van der Waals surface area contributed by atoms with E-state index >= 15 is 0 Å². The van der Waals surface area contributed by atoms with Gasteiger partial charge < -0.3 is 14.9 Å². The second-order valence-corrected chi connectivity index (χ2v) is 6.21. The third-order valence-corrected chi connectivity index (χ3v) is 4.52. The molecule has 0 fully saturated rings. The zero-order valence-corrected chi connectivity index (χ0v) is 12.0. The Labute approximate surface area is 117 Å². The number of benzene rings is 1. The summed E-state index contributed by atoms with van der Waals surface area (Å²) in [5.74, 6) is -1.41. The van der Waals surface area contributed by atoms with E-state index in [2.05, 4.69) is 0 Å². The zero-order chi connectivity index (χ0) is 15.2. The number of ether oxygens (including phenoxy) is 1. The lowest BCUT2D eigenvalue weighted by molar-refractivity contribution is 0.0696. The Morgan fingerprint density at radius 2 is 2.00 bits per heavy atom. The number of sulfone groups is 1. The van der Waals surface area contributed by atoms with Crippen LogP contribution in [0.25, 0.3) is 0 Å².